The first kappa shape index (κ1) is 16.4. The number of rotatable bonds is 6. The van der Waals surface area contributed by atoms with Gasteiger partial charge in [0.1, 0.15) is 12.4 Å². The molecule has 126 valence electrons. The van der Waals surface area contributed by atoms with E-state index in [4.69, 9.17) is 15.1 Å². The zero-order chi connectivity index (χ0) is 17.6. The first-order chi connectivity index (χ1) is 12.2. The molecule has 0 bridgehead atoms. The molecular formula is C19H16N2O4. The molecule has 0 unspecified atom stereocenters. The van der Waals surface area contributed by atoms with Gasteiger partial charge in [-0.2, -0.15) is 0 Å². The number of carbonyl (C=O) groups is 1. The second kappa shape index (κ2) is 7.44. The fourth-order valence-corrected chi connectivity index (χ4v) is 2.40. The molecule has 2 aromatic carbocycles. The minimum absolute atomic E-state index is 0.0400. The molecule has 0 amide bonds. The van der Waals surface area contributed by atoms with Crippen molar-refractivity contribution in [1.82, 2.24) is 4.98 Å². The van der Waals surface area contributed by atoms with Gasteiger partial charge in [-0.25, -0.2) is 9.78 Å². The lowest BCUT2D eigenvalue weighted by Gasteiger charge is -2.08. The number of hydrogen-bond acceptors (Lipinski definition) is 5. The van der Waals surface area contributed by atoms with E-state index in [0.29, 0.717) is 17.9 Å². The molecule has 0 saturated carbocycles. The SMILES string of the molecule is O=C(O)C(Cc1ccc(OCc2ccc3ccccc3n2)cc1)=NO. The number of aromatic nitrogens is 1. The number of ether oxygens (including phenoxy) is 1. The number of benzene rings is 2. The van der Waals surface area contributed by atoms with E-state index in [9.17, 15) is 4.79 Å². The van der Waals surface area contributed by atoms with E-state index in [1.165, 1.54) is 0 Å². The number of nitrogens with zero attached hydrogens (tertiary/aromatic N) is 2. The molecule has 6 nitrogen and oxygen atoms in total. The highest BCUT2D eigenvalue weighted by Gasteiger charge is 2.11. The Bertz CT molecular complexity index is 920. The molecule has 6 heteroatoms. The molecule has 1 heterocycles. The van der Waals surface area contributed by atoms with Crippen LogP contribution in [0, 0.1) is 0 Å². The van der Waals surface area contributed by atoms with Crippen molar-refractivity contribution in [3.8, 4) is 5.75 Å². The second-order valence-electron chi connectivity index (χ2n) is 5.46. The van der Waals surface area contributed by atoms with Crippen molar-refractivity contribution in [3.63, 3.8) is 0 Å². The zero-order valence-electron chi connectivity index (χ0n) is 13.3. The molecule has 0 aliphatic heterocycles. The molecule has 0 saturated heterocycles. The molecule has 0 atom stereocenters. The van der Waals surface area contributed by atoms with Crippen LogP contribution in [-0.4, -0.2) is 27.0 Å². The number of carboxylic acid groups (broad SMARTS) is 1. The number of fused-ring (bicyclic) bond motifs is 1. The largest absolute Gasteiger partial charge is 0.487 e. The van der Waals surface area contributed by atoms with E-state index in [1.807, 2.05) is 36.4 Å². The third kappa shape index (κ3) is 4.11. The highest BCUT2D eigenvalue weighted by molar-refractivity contribution is 6.35. The van der Waals surface area contributed by atoms with Gasteiger partial charge >= 0.3 is 5.97 Å². The summed E-state index contributed by atoms with van der Waals surface area (Å²) in [7, 11) is 0. The van der Waals surface area contributed by atoms with Gasteiger partial charge in [0.2, 0.25) is 0 Å². The summed E-state index contributed by atoms with van der Waals surface area (Å²) in [5.74, 6) is -0.596. The maximum atomic E-state index is 10.8. The van der Waals surface area contributed by atoms with E-state index in [2.05, 4.69) is 10.1 Å². The fraction of sp³-hybridized carbons (Fsp3) is 0.105. The summed E-state index contributed by atoms with van der Waals surface area (Å²) in [4.78, 5) is 15.4. The Labute approximate surface area is 144 Å². The predicted molar refractivity (Wildman–Crippen MR) is 93.1 cm³/mol. The third-order valence-electron chi connectivity index (χ3n) is 3.71. The molecule has 25 heavy (non-hydrogen) atoms. The highest BCUT2D eigenvalue weighted by Crippen LogP contribution is 2.16. The van der Waals surface area contributed by atoms with Gasteiger partial charge in [-0.05, 0) is 29.8 Å². The van der Waals surface area contributed by atoms with E-state index in [-0.39, 0.29) is 12.1 Å². The van der Waals surface area contributed by atoms with Crippen LogP contribution in [0.1, 0.15) is 11.3 Å². The van der Waals surface area contributed by atoms with Crippen molar-refractivity contribution < 1.29 is 19.8 Å². The van der Waals surface area contributed by atoms with Crippen LogP contribution in [0.15, 0.2) is 65.8 Å². The van der Waals surface area contributed by atoms with E-state index in [0.717, 1.165) is 16.6 Å². The molecule has 3 aromatic rings. The average Bonchev–Trinajstić information content (AvgIpc) is 2.65. The molecule has 0 aliphatic rings. The molecular weight excluding hydrogens is 320 g/mol. The van der Waals surface area contributed by atoms with Gasteiger partial charge in [-0.3, -0.25) is 0 Å². The van der Waals surface area contributed by atoms with Gasteiger partial charge in [0.15, 0.2) is 5.71 Å². The van der Waals surface area contributed by atoms with Gasteiger partial charge in [0, 0.05) is 11.8 Å². The maximum absolute atomic E-state index is 10.8. The van der Waals surface area contributed by atoms with E-state index >= 15 is 0 Å². The van der Waals surface area contributed by atoms with Gasteiger partial charge in [-0.15, -0.1) is 0 Å². The zero-order valence-corrected chi connectivity index (χ0v) is 13.3. The summed E-state index contributed by atoms with van der Waals surface area (Å²) in [6.07, 6.45) is 0.0400. The number of carboxylic acids is 1. The predicted octanol–water partition coefficient (Wildman–Crippen LogP) is 3.27. The van der Waals surface area contributed by atoms with Crippen molar-refractivity contribution in [2.75, 3.05) is 0 Å². The second-order valence-corrected chi connectivity index (χ2v) is 5.46. The van der Waals surface area contributed by atoms with Crippen LogP contribution < -0.4 is 4.74 Å². The van der Waals surface area contributed by atoms with Gasteiger partial charge in [-0.1, -0.05) is 41.6 Å². The van der Waals surface area contributed by atoms with Crippen LogP contribution in [0.5, 0.6) is 5.75 Å². The van der Waals surface area contributed by atoms with Crippen LogP contribution in [0.4, 0.5) is 0 Å². The number of hydrogen-bond donors (Lipinski definition) is 2. The summed E-state index contributed by atoms with van der Waals surface area (Å²) in [6, 6.07) is 18.8. The highest BCUT2D eigenvalue weighted by atomic mass is 16.5. The third-order valence-corrected chi connectivity index (χ3v) is 3.71. The number of pyridine rings is 1. The first-order valence-corrected chi connectivity index (χ1v) is 7.66. The standard InChI is InChI=1S/C19H16N2O4/c22-19(23)18(21-24)11-13-5-9-16(10-6-13)25-12-15-8-7-14-3-1-2-4-17(14)20-15/h1-10,24H,11-12H2,(H,22,23). The maximum Gasteiger partial charge on any atom is 0.354 e. The molecule has 2 N–H and O–H groups in total. The Kier molecular flexibility index (Phi) is 4.89. The normalized spacial score (nSPS) is 11.4. The van der Waals surface area contributed by atoms with Gasteiger partial charge in [0.25, 0.3) is 0 Å². The lowest BCUT2D eigenvalue weighted by Crippen LogP contribution is -2.15. The molecule has 0 aliphatic carbocycles. The molecule has 0 fully saturated rings. The fourth-order valence-electron chi connectivity index (χ4n) is 2.40. The Balaban J connectivity index is 1.64. The lowest BCUT2D eigenvalue weighted by atomic mass is 10.1. The molecule has 0 radical (unpaired) electrons. The van der Waals surface area contributed by atoms with Gasteiger partial charge in [0.05, 0.1) is 11.2 Å². The lowest BCUT2D eigenvalue weighted by molar-refractivity contribution is -0.129. The number of aliphatic carboxylic acids is 1. The molecule has 0 spiro atoms. The molecule has 3 rings (SSSR count). The minimum Gasteiger partial charge on any atom is -0.487 e. The van der Waals surface area contributed by atoms with Crippen molar-refractivity contribution in [2.45, 2.75) is 13.0 Å². The molecule has 1 aromatic heterocycles. The monoisotopic (exact) mass is 336 g/mol. The van der Waals surface area contributed by atoms with Crippen LogP contribution in [0.25, 0.3) is 10.9 Å². The van der Waals surface area contributed by atoms with Crippen molar-refractivity contribution in [1.29, 1.82) is 0 Å². The average molecular weight is 336 g/mol. The Morgan fingerprint density at radius 2 is 1.80 bits per heavy atom. The quantitative estimate of drug-likeness (QED) is 0.409. The van der Waals surface area contributed by atoms with E-state index < -0.39 is 5.97 Å². The van der Waals surface area contributed by atoms with Crippen LogP contribution in [0.2, 0.25) is 0 Å². The van der Waals surface area contributed by atoms with Crippen molar-refractivity contribution in [2.24, 2.45) is 5.16 Å². The van der Waals surface area contributed by atoms with Crippen LogP contribution in [0.3, 0.4) is 0 Å². The summed E-state index contributed by atoms with van der Waals surface area (Å²) in [5.41, 5.74) is 2.15. The van der Waals surface area contributed by atoms with Crippen molar-refractivity contribution >= 4 is 22.6 Å². The summed E-state index contributed by atoms with van der Waals surface area (Å²) < 4.78 is 5.72. The Hall–Kier alpha value is -3.41. The van der Waals surface area contributed by atoms with Crippen LogP contribution in [-0.2, 0) is 17.8 Å². The summed E-state index contributed by atoms with van der Waals surface area (Å²) in [5, 5.41) is 21.4. The Morgan fingerprint density at radius 3 is 2.52 bits per heavy atom. The number of oxime groups is 1. The first-order valence-electron chi connectivity index (χ1n) is 7.66. The van der Waals surface area contributed by atoms with E-state index in [1.54, 1.807) is 24.3 Å². The Morgan fingerprint density at radius 1 is 1.04 bits per heavy atom. The smallest absolute Gasteiger partial charge is 0.354 e. The van der Waals surface area contributed by atoms with Crippen molar-refractivity contribution in [3.05, 3.63) is 71.9 Å². The summed E-state index contributed by atoms with van der Waals surface area (Å²) in [6.45, 7) is 0.336. The minimum atomic E-state index is -1.25. The summed E-state index contributed by atoms with van der Waals surface area (Å²) >= 11 is 0. The number of para-hydroxylation sites is 1. The van der Waals surface area contributed by atoms with Gasteiger partial charge < -0.3 is 15.1 Å². The van der Waals surface area contributed by atoms with Crippen LogP contribution >= 0.6 is 0 Å². The topological polar surface area (TPSA) is 92.0 Å².